The summed E-state index contributed by atoms with van der Waals surface area (Å²) in [6, 6.07) is 15.9. The Morgan fingerprint density at radius 1 is 1.06 bits per heavy atom. The van der Waals surface area contributed by atoms with Crippen molar-refractivity contribution >= 4 is 11.6 Å². The number of nitrogens with one attached hydrogen (secondary N) is 1. The maximum absolute atomic E-state index is 13.0. The van der Waals surface area contributed by atoms with Gasteiger partial charge in [0.05, 0.1) is 28.8 Å². The molecule has 0 fully saturated rings. The number of rotatable bonds is 4. The summed E-state index contributed by atoms with van der Waals surface area (Å²) < 4.78 is 4.06. The topological polar surface area (TPSA) is 64.7 Å². The summed E-state index contributed by atoms with van der Waals surface area (Å²) in [6.45, 7) is 4.98. The van der Waals surface area contributed by atoms with Gasteiger partial charge in [-0.05, 0) is 50.5 Å². The first-order valence-electron chi connectivity index (χ1n) is 10.7. The van der Waals surface area contributed by atoms with Gasteiger partial charge in [-0.1, -0.05) is 30.3 Å². The molecule has 0 saturated carbocycles. The molecular formula is C25H25N5O. The predicted octanol–water partition coefficient (Wildman–Crippen LogP) is 4.94. The van der Waals surface area contributed by atoms with Crippen molar-refractivity contribution in [2.24, 2.45) is 0 Å². The molecule has 156 valence electrons. The van der Waals surface area contributed by atoms with Gasteiger partial charge in [-0.15, -0.1) is 0 Å². The number of hydrogen-bond donors (Lipinski definition) is 1. The standard InChI is InChI=1S/C25H25N5O/c1-17-8-3-4-11-23(17)30-18(2)21(15-26-30)25(31)27-20-10-7-9-19(14-20)22-16-29-13-6-5-12-24(29)28-22/h3-4,7-11,14-16H,5-6,12-13H2,1-2H3,(H,27,31). The lowest BCUT2D eigenvalue weighted by Crippen LogP contribution is -2.13. The number of nitrogens with zero attached hydrogens (tertiary/aromatic N) is 4. The quantitative estimate of drug-likeness (QED) is 0.517. The molecule has 1 aliphatic rings. The Hall–Kier alpha value is -3.67. The Balaban J connectivity index is 1.39. The summed E-state index contributed by atoms with van der Waals surface area (Å²) in [6.07, 6.45) is 7.17. The van der Waals surface area contributed by atoms with Crippen LogP contribution in [0.25, 0.3) is 16.9 Å². The van der Waals surface area contributed by atoms with Gasteiger partial charge in [-0.2, -0.15) is 5.10 Å². The Morgan fingerprint density at radius 3 is 2.77 bits per heavy atom. The van der Waals surface area contributed by atoms with Gasteiger partial charge >= 0.3 is 0 Å². The summed E-state index contributed by atoms with van der Waals surface area (Å²) in [4.78, 5) is 17.8. The average Bonchev–Trinajstić information content (AvgIpc) is 3.38. The fourth-order valence-corrected chi connectivity index (χ4v) is 4.18. The minimum absolute atomic E-state index is 0.168. The lowest BCUT2D eigenvalue weighted by Gasteiger charge is -2.11. The van der Waals surface area contributed by atoms with E-state index in [1.165, 1.54) is 12.8 Å². The van der Waals surface area contributed by atoms with E-state index in [9.17, 15) is 4.79 Å². The van der Waals surface area contributed by atoms with Crippen molar-refractivity contribution in [2.45, 2.75) is 39.7 Å². The summed E-state index contributed by atoms with van der Waals surface area (Å²) in [5.74, 6) is 0.980. The molecule has 1 amide bonds. The van der Waals surface area contributed by atoms with Crippen LogP contribution in [0, 0.1) is 13.8 Å². The Labute approximate surface area is 181 Å². The second-order valence-corrected chi connectivity index (χ2v) is 8.07. The maximum Gasteiger partial charge on any atom is 0.259 e. The first kappa shape index (κ1) is 19.3. The lowest BCUT2D eigenvalue weighted by atomic mass is 10.1. The second kappa shape index (κ2) is 7.87. The highest BCUT2D eigenvalue weighted by Gasteiger charge is 2.17. The van der Waals surface area contributed by atoms with Gasteiger partial charge in [-0.3, -0.25) is 4.79 Å². The van der Waals surface area contributed by atoms with Crippen LogP contribution in [-0.2, 0) is 13.0 Å². The maximum atomic E-state index is 13.0. The molecule has 2 aromatic heterocycles. The van der Waals surface area contributed by atoms with Gasteiger partial charge < -0.3 is 9.88 Å². The normalized spacial score (nSPS) is 13.1. The number of aromatic nitrogens is 4. The number of imidazole rings is 1. The van der Waals surface area contributed by atoms with E-state index in [-0.39, 0.29) is 5.91 Å². The van der Waals surface area contributed by atoms with Crippen LogP contribution >= 0.6 is 0 Å². The first-order chi connectivity index (χ1) is 15.1. The zero-order valence-corrected chi connectivity index (χ0v) is 17.8. The third-order valence-corrected chi connectivity index (χ3v) is 5.92. The van der Waals surface area contributed by atoms with Crippen molar-refractivity contribution in [3.8, 4) is 16.9 Å². The summed E-state index contributed by atoms with van der Waals surface area (Å²) >= 11 is 0. The van der Waals surface area contributed by atoms with Crippen molar-refractivity contribution in [2.75, 3.05) is 5.32 Å². The molecule has 2 aromatic carbocycles. The van der Waals surface area contributed by atoms with Crippen LogP contribution in [0.3, 0.4) is 0 Å². The Kier molecular flexibility index (Phi) is 4.90. The summed E-state index contributed by atoms with van der Waals surface area (Å²) in [5.41, 5.74) is 6.16. The third-order valence-electron chi connectivity index (χ3n) is 5.92. The molecule has 6 nitrogen and oxygen atoms in total. The van der Waals surface area contributed by atoms with Crippen LogP contribution in [0.15, 0.2) is 60.9 Å². The lowest BCUT2D eigenvalue weighted by molar-refractivity contribution is 0.102. The van der Waals surface area contributed by atoms with Crippen LogP contribution in [0.5, 0.6) is 0 Å². The molecule has 4 aromatic rings. The molecule has 31 heavy (non-hydrogen) atoms. The molecule has 3 heterocycles. The van der Waals surface area contributed by atoms with E-state index in [0.717, 1.165) is 52.7 Å². The van der Waals surface area contributed by atoms with Crippen LogP contribution in [-0.4, -0.2) is 25.2 Å². The van der Waals surface area contributed by atoms with Crippen LogP contribution < -0.4 is 5.32 Å². The number of aryl methyl sites for hydroxylation is 3. The van der Waals surface area contributed by atoms with Crippen molar-refractivity contribution in [3.05, 3.63) is 83.6 Å². The van der Waals surface area contributed by atoms with Crippen LogP contribution in [0.4, 0.5) is 5.69 Å². The van der Waals surface area contributed by atoms with Crippen molar-refractivity contribution in [3.63, 3.8) is 0 Å². The molecule has 6 heteroatoms. The highest BCUT2D eigenvalue weighted by Crippen LogP contribution is 2.25. The minimum Gasteiger partial charge on any atom is -0.334 e. The van der Waals surface area contributed by atoms with Gasteiger partial charge in [0.15, 0.2) is 0 Å². The Morgan fingerprint density at radius 2 is 1.94 bits per heavy atom. The molecule has 0 unspecified atom stereocenters. The number of amides is 1. The number of benzene rings is 2. The number of carbonyl (C=O) groups excluding carboxylic acids is 1. The van der Waals surface area contributed by atoms with E-state index >= 15 is 0 Å². The van der Waals surface area contributed by atoms with Crippen molar-refractivity contribution in [1.29, 1.82) is 0 Å². The summed E-state index contributed by atoms with van der Waals surface area (Å²) in [5, 5.41) is 7.48. The highest BCUT2D eigenvalue weighted by atomic mass is 16.1. The zero-order chi connectivity index (χ0) is 21.4. The molecule has 0 atom stereocenters. The van der Waals surface area contributed by atoms with Gasteiger partial charge in [0.25, 0.3) is 5.91 Å². The van der Waals surface area contributed by atoms with Gasteiger partial charge in [0.1, 0.15) is 5.82 Å². The van der Waals surface area contributed by atoms with E-state index in [2.05, 4.69) is 21.2 Å². The molecule has 0 radical (unpaired) electrons. The van der Waals surface area contributed by atoms with Crippen molar-refractivity contribution < 1.29 is 4.79 Å². The number of carbonyl (C=O) groups is 1. The molecule has 1 aliphatic heterocycles. The molecule has 5 rings (SSSR count). The minimum atomic E-state index is -0.168. The zero-order valence-electron chi connectivity index (χ0n) is 17.8. The number of anilines is 1. The molecule has 0 saturated heterocycles. The fraction of sp³-hybridized carbons (Fsp3) is 0.240. The fourth-order valence-electron chi connectivity index (χ4n) is 4.18. The first-order valence-corrected chi connectivity index (χ1v) is 10.7. The van der Waals surface area contributed by atoms with Gasteiger partial charge in [-0.25, -0.2) is 9.67 Å². The third kappa shape index (κ3) is 3.65. The number of fused-ring (bicyclic) bond motifs is 1. The molecule has 0 spiro atoms. The van der Waals surface area contributed by atoms with Crippen LogP contribution in [0.1, 0.15) is 40.3 Å². The largest absolute Gasteiger partial charge is 0.334 e. The van der Waals surface area contributed by atoms with Gasteiger partial charge in [0.2, 0.25) is 0 Å². The molecule has 0 bridgehead atoms. The van der Waals surface area contributed by atoms with E-state index in [4.69, 9.17) is 4.98 Å². The van der Waals surface area contributed by atoms with Crippen LogP contribution in [0.2, 0.25) is 0 Å². The smallest absolute Gasteiger partial charge is 0.259 e. The van der Waals surface area contributed by atoms with E-state index in [1.54, 1.807) is 6.20 Å². The predicted molar refractivity (Wildman–Crippen MR) is 122 cm³/mol. The SMILES string of the molecule is Cc1ccccc1-n1ncc(C(=O)Nc2cccc(-c3cn4c(n3)CCCC4)c2)c1C. The van der Waals surface area contributed by atoms with Crippen molar-refractivity contribution in [1.82, 2.24) is 19.3 Å². The second-order valence-electron chi connectivity index (χ2n) is 8.07. The van der Waals surface area contributed by atoms with E-state index in [0.29, 0.717) is 5.56 Å². The van der Waals surface area contributed by atoms with E-state index in [1.807, 2.05) is 67.1 Å². The average molecular weight is 412 g/mol. The van der Waals surface area contributed by atoms with Gasteiger partial charge in [0, 0.05) is 30.4 Å². The number of hydrogen-bond acceptors (Lipinski definition) is 3. The molecule has 1 N–H and O–H groups in total. The Bertz CT molecular complexity index is 1240. The number of para-hydroxylation sites is 1. The molecular weight excluding hydrogens is 386 g/mol. The monoisotopic (exact) mass is 411 g/mol. The summed E-state index contributed by atoms with van der Waals surface area (Å²) in [7, 11) is 0. The van der Waals surface area contributed by atoms with E-state index < -0.39 is 0 Å². The highest BCUT2D eigenvalue weighted by molar-refractivity contribution is 6.05. The molecule has 0 aliphatic carbocycles.